The van der Waals surface area contributed by atoms with Gasteiger partial charge in [-0.15, -0.1) is 0 Å². The van der Waals surface area contributed by atoms with Crippen LogP contribution < -0.4 is 0 Å². The predicted octanol–water partition coefficient (Wildman–Crippen LogP) is 4.18. The average Bonchev–Trinajstić information content (AvgIpc) is 2.43. The zero-order chi connectivity index (χ0) is 15.6. The molecule has 0 aliphatic heterocycles. The van der Waals surface area contributed by atoms with Gasteiger partial charge in [-0.3, -0.25) is 14.9 Å². The van der Waals surface area contributed by atoms with E-state index in [0.717, 1.165) is 12.8 Å². The zero-order valence-electron chi connectivity index (χ0n) is 11.8. The highest BCUT2D eigenvalue weighted by atomic mass is 79.9. The molecule has 0 heterocycles. The van der Waals surface area contributed by atoms with Crippen LogP contribution in [0.4, 0.5) is 5.69 Å². The summed E-state index contributed by atoms with van der Waals surface area (Å²) in [5.74, 6) is -0.316. The molecule has 1 N–H and O–H groups in total. The lowest BCUT2D eigenvalue weighted by atomic mass is 9.67. The molecule has 1 aliphatic carbocycles. The first kappa shape index (κ1) is 15.9. The fraction of sp³-hybridized carbons (Fsp3) is 0.533. The van der Waals surface area contributed by atoms with Gasteiger partial charge in [0.15, 0.2) is 0 Å². The molecular weight excluding hydrogens is 338 g/mol. The summed E-state index contributed by atoms with van der Waals surface area (Å²) in [6.45, 7) is 2.12. The Hall–Kier alpha value is -1.43. The lowest BCUT2D eigenvalue weighted by Crippen LogP contribution is -2.37. The van der Waals surface area contributed by atoms with Crippen LogP contribution in [0.1, 0.15) is 38.2 Å². The summed E-state index contributed by atoms with van der Waals surface area (Å²) in [4.78, 5) is 22.5. The lowest BCUT2D eigenvalue weighted by molar-refractivity contribution is -0.385. The molecule has 0 amide bonds. The third-order valence-corrected chi connectivity index (χ3v) is 4.95. The first-order chi connectivity index (χ1) is 9.84. The number of rotatable bonds is 4. The van der Waals surface area contributed by atoms with Crippen molar-refractivity contribution in [1.82, 2.24) is 0 Å². The Morgan fingerprint density at radius 3 is 2.62 bits per heavy atom. The molecule has 0 aromatic heterocycles. The Morgan fingerprint density at radius 2 is 2.10 bits per heavy atom. The molecule has 1 saturated carbocycles. The minimum Gasteiger partial charge on any atom is -0.481 e. The second kappa shape index (κ2) is 6.13. The lowest BCUT2D eigenvalue weighted by Gasteiger charge is -2.35. The molecule has 0 bridgehead atoms. The molecule has 1 aromatic rings. The van der Waals surface area contributed by atoms with E-state index in [1.165, 1.54) is 6.07 Å². The third kappa shape index (κ3) is 3.43. The number of hydrogen-bond donors (Lipinski definition) is 1. The van der Waals surface area contributed by atoms with E-state index < -0.39 is 16.3 Å². The zero-order valence-corrected chi connectivity index (χ0v) is 13.4. The number of halogens is 1. The predicted molar refractivity (Wildman–Crippen MR) is 82.2 cm³/mol. The van der Waals surface area contributed by atoms with Crippen molar-refractivity contribution in [2.75, 3.05) is 0 Å². The molecule has 5 nitrogen and oxygen atoms in total. The number of benzene rings is 1. The number of carboxylic acid groups (broad SMARTS) is 1. The molecule has 2 rings (SSSR count). The Bertz CT molecular complexity index is 565. The monoisotopic (exact) mass is 355 g/mol. The molecule has 21 heavy (non-hydrogen) atoms. The van der Waals surface area contributed by atoms with Gasteiger partial charge >= 0.3 is 5.97 Å². The SMILES string of the molecule is CC1CCC(Cc2ccc(Br)cc2[N+](=O)[O-])(C(=O)O)CC1. The van der Waals surface area contributed by atoms with Crippen molar-refractivity contribution in [1.29, 1.82) is 0 Å². The maximum atomic E-state index is 11.8. The van der Waals surface area contributed by atoms with Crippen LogP contribution in [0.5, 0.6) is 0 Å². The molecule has 0 atom stereocenters. The highest BCUT2D eigenvalue weighted by Crippen LogP contribution is 2.43. The van der Waals surface area contributed by atoms with Crippen LogP contribution in [0.15, 0.2) is 22.7 Å². The van der Waals surface area contributed by atoms with Crippen LogP contribution in [0.3, 0.4) is 0 Å². The van der Waals surface area contributed by atoms with E-state index in [-0.39, 0.29) is 12.1 Å². The van der Waals surface area contributed by atoms with Gasteiger partial charge in [0.1, 0.15) is 0 Å². The highest BCUT2D eigenvalue weighted by molar-refractivity contribution is 9.10. The van der Waals surface area contributed by atoms with E-state index in [4.69, 9.17) is 0 Å². The molecule has 0 unspecified atom stereocenters. The Labute approximate surface area is 131 Å². The van der Waals surface area contributed by atoms with E-state index in [1.54, 1.807) is 12.1 Å². The minimum atomic E-state index is -0.870. The van der Waals surface area contributed by atoms with Gasteiger partial charge in [0.2, 0.25) is 0 Å². The summed E-state index contributed by atoms with van der Waals surface area (Å²) in [6.07, 6.45) is 3.10. The summed E-state index contributed by atoms with van der Waals surface area (Å²) in [5.41, 5.74) is -0.380. The van der Waals surface area contributed by atoms with E-state index >= 15 is 0 Å². The molecule has 0 radical (unpaired) electrons. The van der Waals surface area contributed by atoms with E-state index in [9.17, 15) is 20.0 Å². The Morgan fingerprint density at radius 1 is 1.48 bits per heavy atom. The van der Waals surface area contributed by atoms with Crippen LogP contribution in [-0.4, -0.2) is 16.0 Å². The first-order valence-electron chi connectivity index (χ1n) is 7.00. The van der Waals surface area contributed by atoms with Gasteiger partial charge in [-0.2, -0.15) is 0 Å². The van der Waals surface area contributed by atoms with Gasteiger partial charge in [0, 0.05) is 16.1 Å². The molecule has 0 spiro atoms. The van der Waals surface area contributed by atoms with Crippen LogP contribution in [0.2, 0.25) is 0 Å². The van der Waals surface area contributed by atoms with Gasteiger partial charge in [-0.05, 0) is 44.1 Å². The molecule has 114 valence electrons. The van der Waals surface area contributed by atoms with E-state index in [0.29, 0.717) is 28.8 Å². The van der Waals surface area contributed by atoms with Gasteiger partial charge in [0.05, 0.1) is 10.3 Å². The normalized spacial score (nSPS) is 25.5. The van der Waals surface area contributed by atoms with Crippen LogP contribution in [0.25, 0.3) is 0 Å². The fourth-order valence-corrected chi connectivity index (χ4v) is 3.35. The number of nitro benzene ring substituents is 1. The number of nitrogens with zero attached hydrogens (tertiary/aromatic N) is 1. The summed E-state index contributed by atoms with van der Waals surface area (Å²) in [7, 11) is 0. The molecule has 6 heteroatoms. The van der Waals surface area contributed by atoms with E-state index in [2.05, 4.69) is 22.9 Å². The molecule has 1 aromatic carbocycles. The quantitative estimate of drug-likeness (QED) is 0.648. The van der Waals surface area contributed by atoms with Crippen molar-refractivity contribution in [2.24, 2.45) is 11.3 Å². The third-order valence-electron chi connectivity index (χ3n) is 4.46. The fourth-order valence-electron chi connectivity index (χ4n) is 3.00. The van der Waals surface area contributed by atoms with Crippen molar-refractivity contribution in [3.63, 3.8) is 0 Å². The minimum absolute atomic E-state index is 0.0105. The summed E-state index contributed by atoms with van der Waals surface area (Å²) in [6, 6.07) is 4.82. The Kier molecular flexibility index (Phi) is 4.66. The smallest absolute Gasteiger partial charge is 0.309 e. The maximum Gasteiger partial charge on any atom is 0.309 e. The highest BCUT2D eigenvalue weighted by Gasteiger charge is 2.42. The summed E-state index contributed by atoms with van der Waals surface area (Å²) < 4.78 is 0.625. The van der Waals surface area contributed by atoms with Crippen molar-refractivity contribution < 1.29 is 14.8 Å². The number of carboxylic acids is 1. The van der Waals surface area contributed by atoms with Gasteiger partial charge < -0.3 is 5.11 Å². The first-order valence-corrected chi connectivity index (χ1v) is 7.79. The van der Waals surface area contributed by atoms with Crippen LogP contribution in [0, 0.1) is 21.4 Å². The largest absolute Gasteiger partial charge is 0.481 e. The van der Waals surface area contributed by atoms with Gasteiger partial charge in [-0.25, -0.2) is 0 Å². The molecular formula is C15H18BrNO4. The van der Waals surface area contributed by atoms with Gasteiger partial charge in [0.25, 0.3) is 5.69 Å². The summed E-state index contributed by atoms with van der Waals surface area (Å²) in [5, 5.41) is 20.8. The number of hydrogen-bond acceptors (Lipinski definition) is 3. The number of carbonyl (C=O) groups is 1. The van der Waals surface area contributed by atoms with E-state index in [1.807, 2.05) is 0 Å². The van der Waals surface area contributed by atoms with Gasteiger partial charge in [-0.1, -0.05) is 28.9 Å². The molecule has 0 saturated heterocycles. The van der Waals surface area contributed by atoms with Crippen molar-refractivity contribution >= 4 is 27.6 Å². The van der Waals surface area contributed by atoms with Crippen molar-refractivity contribution in [3.8, 4) is 0 Å². The summed E-state index contributed by atoms with van der Waals surface area (Å²) >= 11 is 3.22. The van der Waals surface area contributed by atoms with Crippen LogP contribution in [-0.2, 0) is 11.2 Å². The maximum absolute atomic E-state index is 11.8. The second-order valence-electron chi connectivity index (χ2n) is 5.97. The topological polar surface area (TPSA) is 80.4 Å². The second-order valence-corrected chi connectivity index (χ2v) is 6.89. The standard InChI is InChI=1S/C15H18BrNO4/c1-10-4-6-15(7-5-10,14(18)19)9-11-2-3-12(16)8-13(11)17(20)21/h2-3,8,10H,4-7,9H2,1H3,(H,18,19). The number of aliphatic carboxylic acids is 1. The number of nitro groups is 1. The van der Waals surface area contributed by atoms with Crippen molar-refractivity contribution in [3.05, 3.63) is 38.3 Å². The molecule has 1 aliphatic rings. The molecule has 1 fully saturated rings. The Balaban J connectivity index is 2.34. The van der Waals surface area contributed by atoms with Crippen LogP contribution >= 0.6 is 15.9 Å². The van der Waals surface area contributed by atoms with Crippen molar-refractivity contribution in [2.45, 2.75) is 39.0 Å². The average molecular weight is 356 g/mol.